The summed E-state index contributed by atoms with van der Waals surface area (Å²) < 4.78 is 0.947. The van der Waals surface area contributed by atoms with E-state index in [2.05, 4.69) is 63.9 Å². The van der Waals surface area contributed by atoms with Crippen molar-refractivity contribution in [2.75, 3.05) is 5.32 Å². The number of thiophene rings is 1. The van der Waals surface area contributed by atoms with Crippen molar-refractivity contribution < 1.29 is 9.90 Å². The highest BCUT2D eigenvalue weighted by Crippen LogP contribution is 2.58. The molecular weight excluding hydrogens is 470 g/mol. The summed E-state index contributed by atoms with van der Waals surface area (Å²) in [5.41, 5.74) is 4.22. The van der Waals surface area contributed by atoms with Crippen LogP contribution in [0.4, 0.5) is 5.69 Å². The minimum absolute atomic E-state index is 0.0159. The Hall–Kier alpha value is -2.11. The van der Waals surface area contributed by atoms with Crippen molar-refractivity contribution in [2.45, 2.75) is 55.9 Å². The number of carboxylic acid groups (broad SMARTS) is 1. The van der Waals surface area contributed by atoms with E-state index in [1.54, 1.807) is 0 Å². The van der Waals surface area contributed by atoms with Crippen molar-refractivity contribution in [3.05, 3.63) is 86.0 Å². The number of carbonyl (C=O) groups is 1. The van der Waals surface area contributed by atoms with Gasteiger partial charge in [-0.15, -0.1) is 11.3 Å². The highest BCUT2D eigenvalue weighted by molar-refractivity contribution is 9.10. The Morgan fingerprint density at radius 2 is 1.87 bits per heavy atom. The first kappa shape index (κ1) is 20.8. The Morgan fingerprint density at radius 1 is 1.10 bits per heavy atom. The van der Waals surface area contributed by atoms with Crippen LogP contribution >= 0.6 is 27.3 Å². The maximum absolute atomic E-state index is 12.5. The second-order valence-electron chi connectivity index (χ2n) is 9.08. The molecule has 0 amide bonds. The smallest absolute Gasteiger partial charge is 0.329 e. The van der Waals surface area contributed by atoms with E-state index >= 15 is 0 Å². The molecule has 2 aromatic carbocycles. The molecule has 5 heteroatoms. The van der Waals surface area contributed by atoms with Crippen LogP contribution in [-0.2, 0) is 16.6 Å². The Balaban J connectivity index is 1.50. The lowest BCUT2D eigenvalue weighted by Crippen LogP contribution is -2.52. The van der Waals surface area contributed by atoms with Gasteiger partial charge in [-0.2, -0.15) is 0 Å². The van der Waals surface area contributed by atoms with Gasteiger partial charge in [-0.05, 0) is 91.3 Å². The van der Waals surface area contributed by atoms with Crippen molar-refractivity contribution in [3.63, 3.8) is 0 Å². The van der Waals surface area contributed by atoms with Gasteiger partial charge in [-0.25, -0.2) is 4.79 Å². The van der Waals surface area contributed by atoms with Crippen LogP contribution in [-0.4, -0.2) is 16.6 Å². The third-order valence-corrected chi connectivity index (χ3v) is 8.78. The molecule has 31 heavy (non-hydrogen) atoms. The number of fused-ring (bicyclic) bond motifs is 2. The van der Waals surface area contributed by atoms with Gasteiger partial charge in [-0.3, -0.25) is 0 Å². The molecule has 3 aromatic rings. The monoisotopic (exact) mass is 495 g/mol. The minimum Gasteiger partial charge on any atom is -0.480 e. The van der Waals surface area contributed by atoms with Crippen LogP contribution in [0.2, 0.25) is 0 Å². The number of aryl methyl sites for hydroxylation is 1. The molecule has 0 bridgehead atoms. The van der Waals surface area contributed by atoms with Crippen molar-refractivity contribution in [1.29, 1.82) is 0 Å². The Labute approximate surface area is 195 Å². The van der Waals surface area contributed by atoms with Gasteiger partial charge in [0.15, 0.2) is 0 Å². The van der Waals surface area contributed by atoms with E-state index < -0.39 is 11.5 Å². The van der Waals surface area contributed by atoms with Crippen LogP contribution in [0.15, 0.2) is 64.5 Å². The van der Waals surface area contributed by atoms with E-state index in [4.69, 9.17) is 0 Å². The normalized spacial score (nSPS) is 27.2. The topological polar surface area (TPSA) is 49.3 Å². The molecule has 1 heterocycles. The number of aliphatic carboxylic acids is 1. The lowest BCUT2D eigenvalue weighted by molar-refractivity contribution is -0.144. The minimum atomic E-state index is -0.932. The molecule has 0 aliphatic heterocycles. The van der Waals surface area contributed by atoms with Crippen LogP contribution in [0.3, 0.4) is 0 Å². The van der Waals surface area contributed by atoms with Crippen LogP contribution in [0, 0.1) is 6.92 Å². The molecule has 1 atom stereocenters. The molecule has 0 radical (unpaired) electrons. The zero-order chi connectivity index (χ0) is 21.6. The molecule has 0 saturated heterocycles. The molecular formula is C26H26BrNO2S. The van der Waals surface area contributed by atoms with Crippen LogP contribution in [0.1, 0.15) is 53.2 Å². The molecule has 3 nitrogen and oxygen atoms in total. The number of benzene rings is 2. The quantitative estimate of drug-likeness (QED) is 0.413. The fourth-order valence-electron chi connectivity index (χ4n) is 5.85. The van der Waals surface area contributed by atoms with Gasteiger partial charge in [0, 0.05) is 20.5 Å². The van der Waals surface area contributed by atoms with Crippen molar-refractivity contribution in [2.24, 2.45) is 0 Å². The highest BCUT2D eigenvalue weighted by Gasteiger charge is 2.54. The second-order valence-corrected chi connectivity index (χ2v) is 11.1. The van der Waals surface area contributed by atoms with Gasteiger partial charge in [-0.1, -0.05) is 46.3 Å². The molecule has 1 aromatic heterocycles. The first-order valence-electron chi connectivity index (χ1n) is 10.8. The van der Waals surface area contributed by atoms with Crippen LogP contribution in [0.25, 0.3) is 0 Å². The molecule has 1 fully saturated rings. The number of halogens is 1. The first-order valence-corrected chi connectivity index (χ1v) is 12.5. The van der Waals surface area contributed by atoms with E-state index in [0.717, 1.165) is 29.4 Å². The molecule has 2 aliphatic rings. The number of hydrogen-bond acceptors (Lipinski definition) is 3. The predicted octanol–water partition coefficient (Wildman–Crippen LogP) is 6.91. The third-order valence-electron chi connectivity index (χ3n) is 7.41. The van der Waals surface area contributed by atoms with Gasteiger partial charge in [0.25, 0.3) is 0 Å². The Morgan fingerprint density at radius 3 is 2.55 bits per heavy atom. The zero-order valence-corrected chi connectivity index (χ0v) is 19.9. The van der Waals surface area contributed by atoms with E-state index in [1.165, 1.54) is 21.6 Å². The van der Waals surface area contributed by atoms with Gasteiger partial charge in [0.1, 0.15) is 5.54 Å². The number of anilines is 1. The molecule has 1 saturated carbocycles. The largest absolute Gasteiger partial charge is 0.480 e. The fourth-order valence-corrected chi connectivity index (χ4v) is 7.00. The Kier molecular flexibility index (Phi) is 5.22. The third kappa shape index (κ3) is 3.52. The first-order chi connectivity index (χ1) is 14.9. The number of carboxylic acids is 1. The lowest BCUT2D eigenvalue weighted by atomic mass is 9.60. The number of nitrogens with one attached hydrogen (secondary N) is 1. The summed E-state index contributed by atoms with van der Waals surface area (Å²) in [6.45, 7) is 2.17. The van der Waals surface area contributed by atoms with Gasteiger partial charge < -0.3 is 10.4 Å². The molecule has 2 N–H and O–H groups in total. The summed E-state index contributed by atoms with van der Waals surface area (Å²) in [4.78, 5) is 13.8. The summed E-state index contributed by atoms with van der Waals surface area (Å²) in [6, 6.07) is 18.9. The van der Waals surface area contributed by atoms with Gasteiger partial charge in [0.05, 0.1) is 0 Å². The van der Waals surface area contributed by atoms with Gasteiger partial charge in [0.2, 0.25) is 0 Å². The average molecular weight is 496 g/mol. The molecule has 1 unspecified atom stereocenters. The summed E-state index contributed by atoms with van der Waals surface area (Å²) in [6.07, 6.45) is 4.02. The predicted molar refractivity (Wildman–Crippen MR) is 130 cm³/mol. The number of rotatable bonds is 4. The van der Waals surface area contributed by atoms with Crippen LogP contribution < -0.4 is 5.32 Å². The summed E-state index contributed by atoms with van der Waals surface area (Å²) >= 11 is 5.31. The fraction of sp³-hybridized carbons (Fsp3) is 0.346. The van der Waals surface area contributed by atoms with Crippen LogP contribution in [0.5, 0.6) is 0 Å². The van der Waals surface area contributed by atoms with Crippen molar-refractivity contribution in [3.8, 4) is 0 Å². The Bertz CT molecular complexity index is 1130. The van der Waals surface area contributed by atoms with E-state index in [0.29, 0.717) is 18.8 Å². The van der Waals surface area contributed by atoms with Crippen molar-refractivity contribution >= 4 is 38.9 Å². The van der Waals surface area contributed by atoms with E-state index in [9.17, 15) is 9.90 Å². The summed E-state index contributed by atoms with van der Waals surface area (Å²) in [5, 5.41) is 16.0. The molecule has 5 rings (SSSR count). The van der Waals surface area contributed by atoms with E-state index in [-0.39, 0.29) is 5.41 Å². The maximum Gasteiger partial charge on any atom is 0.329 e. The molecule has 160 valence electrons. The standard InChI is InChI=1S/C26H26BrNO2S/c1-17-13-19(16-31-17)23-14-18-5-2-3-8-22(18)25(23)9-11-26(12-10-25,24(29)30)28-21-7-4-6-20(27)15-21/h2-8,13,15-16,23,28H,9-12,14H2,1H3,(H,29,30). The van der Waals surface area contributed by atoms with E-state index in [1.807, 2.05) is 35.6 Å². The summed E-state index contributed by atoms with van der Waals surface area (Å²) in [7, 11) is 0. The maximum atomic E-state index is 12.5. The highest BCUT2D eigenvalue weighted by atomic mass is 79.9. The molecule has 1 spiro atoms. The average Bonchev–Trinajstić information content (AvgIpc) is 3.32. The second kappa shape index (κ2) is 7.79. The summed E-state index contributed by atoms with van der Waals surface area (Å²) in [5.74, 6) is -0.330. The molecule has 2 aliphatic carbocycles. The SMILES string of the molecule is Cc1cc(C2Cc3ccccc3C23CCC(Nc2cccc(Br)c2)(C(=O)O)CC3)cs1. The van der Waals surface area contributed by atoms with Crippen molar-refractivity contribution in [1.82, 2.24) is 0 Å². The number of hydrogen-bond donors (Lipinski definition) is 2. The zero-order valence-electron chi connectivity index (χ0n) is 17.5. The van der Waals surface area contributed by atoms with Gasteiger partial charge >= 0.3 is 5.97 Å². The lowest BCUT2D eigenvalue weighted by Gasteiger charge is -2.47.